The van der Waals surface area contributed by atoms with Crippen molar-refractivity contribution < 1.29 is 13.2 Å². The lowest BCUT2D eigenvalue weighted by Crippen LogP contribution is -2.41. The molecule has 1 saturated heterocycles. The number of thioether (sulfide) groups is 1. The van der Waals surface area contributed by atoms with Crippen LogP contribution in [0.5, 0.6) is 0 Å². The Labute approximate surface area is 231 Å². The SMILES string of the molecule is CSc1ccc(S(=O)(=O)N(CC(=O)NC(C)c2ccc(N3CCCC(C)C3)cc2)c2ccc(C)cc2)cc1. The summed E-state index contributed by atoms with van der Waals surface area (Å²) in [5, 5.41) is 2.99. The Morgan fingerprint density at radius 3 is 2.32 bits per heavy atom. The number of hydrogen-bond acceptors (Lipinski definition) is 5. The first kappa shape index (κ1) is 28.0. The maximum atomic E-state index is 13.7. The van der Waals surface area contributed by atoms with Gasteiger partial charge in [-0.05, 0) is 93.0 Å². The predicted molar refractivity (Wildman–Crippen MR) is 158 cm³/mol. The van der Waals surface area contributed by atoms with Gasteiger partial charge in [-0.25, -0.2) is 8.42 Å². The second-order valence-electron chi connectivity index (χ2n) is 10.1. The first-order valence-electron chi connectivity index (χ1n) is 13.0. The number of carbonyl (C=O) groups excluding carboxylic acids is 1. The highest BCUT2D eigenvalue weighted by atomic mass is 32.2. The number of nitrogens with one attached hydrogen (secondary N) is 1. The van der Waals surface area contributed by atoms with E-state index in [9.17, 15) is 13.2 Å². The fourth-order valence-corrected chi connectivity index (χ4v) is 6.63. The summed E-state index contributed by atoms with van der Waals surface area (Å²) in [5.74, 6) is 0.328. The van der Waals surface area contributed by atoms with Gasteiger partial charge in [0.25, 0.3) is 10.0 Å². The number of carbonyl (C=O) groups is 1. The Balaban J connectivity index is 1.50. The van der Waals surface area contributed by atoms with Gasteiger partial charge in [-0.3, -0.25) is 9.10 Å². The van der Waals surface area contributed by atoms with Crippen LogP contribution in [0.3, 0.4) is 0 Å². The number of amides is 1. The molecule has 6 nitrogen and oxygen atoms in total. The van der Waals surface area contributed by atoms with E-state index in [1.807, 2.05) is 44.4 Å². The van der Waals surface area contributed by atoms with E-state index in [0.717, 1.165) is 29.1 Å². The predicted octanol–water partition coefficient (Wildman–Crippen LogP) is 6.03. The van der Waals surface area contributed by atoms with Crippen LogP contribution < -0.4 is 14.5 Å². The van der Waals surface area contributed by atoms with E-state index in [4.69, 9.17) is 0 Å². The van der Waals surface area contributed by atoms with Crippen LogP contribution in [0.1, 0.15) is 43.9 Å². The molecule has 8 heteroatoms. The molecule has 1 heterocycles. The van der Waals surface area contributed by atoms with Crippen LogP contribution in [-0.2, 0) is 14.8 Å². The van der Waals surface area contributed by atoms with Gasteiger partial charge < -0.3 is 10.2 Å². The highest BCUT2D eigenvalue weighted by Crippen LogP contribution is 2.27. The Hall–Kier alpha value is -2.97. The molecule has 3 aromatic carbocycles. The Morgan fingerprint density at radius 2 is 1.71 bits per heavy atom. The third-order valence-electron chi connectivity index (χ3n) is 7.05. The minimum Gasteiger partial charge on any atom is -0.371 e. The molecule has 0 aliphatic carbocycles. The Bertz CT molecular complexity index is 1320. The molecule has 1 amide bonds. The number of aryl methyl sites for hydroxylation is 1. The van der Waals surface area contributed by atoms with Gasteiger partial charge in [0.15, 0.2) is 0 Å². The number of piperidine rings is 1. The summed E-state index contributed by atoms with van der Waals surface area (Å²) in [6.07, 6.45) is 4.42. The average molecular weight is 552 g/mol. The zero-order valence-corrected chi connectivity index (χ0v) is 24.2. The maximum absolute atomic E-state index is 13.7. The minimum absolute atomic E-state index is 0.152. The van der Waals surface area contributed by atoms with Crippen molar-refractivity contribution in [2.24, 2.45) is 5.92 Å². The van der Waals surface area contributed by atoms with Crippen LogP contribution in [0.4, 0.5) is 11.4 Å². The lowest BCUT2D eigenvalue weighted by molar-refractivity contribution is -0.120. The summed E-state index contributed by atoms with van der Waals surface area (Å²) in [4.78, 5) is 16.7. The fraction of sp³-hybridized carbons (Fsp3) is 0.367. The highest BCUT2D eigenvalue weighted by molar-refractivity contribution is 7.98. The van der Waals surface area contributed by atoms with Crippen molar-refractivity contribution in [3.63, 3.8) is 0 Å². The number of hydrogen-bond donors (Lipinski definition) is 1. The molecule has 1 N–H and O–H groups in total. The number of sulfonamides is 1. The fourth-order valence-electron chi connectivity index (χ4n) is 4.80. The minimum atomic E-state index is -3.95. The van der Waals surface area contributed by atoms with Crippen molar-refractivity contribution in [1.82, 2.24) is 5.32 Å². The summed E-state index contributed by atoms with van der Waals surface area (Å²) in [5.41, 5.74) is 3.64. The topological polar surface area (TPSA) is 69.7 Å². The molecule has 0 radical (unpaired) electrons. The van der Waals surface area contributed by atoms with E-state index in [1.54, 1.807) is 48.2 Å². The molecule has 0 saturated carbocycles. The van der Waals surface area contributed by atoms with Crippen molar-refractivity contribution in [1.29, 1.82) is 0 Å². The van der Waals surface area contributed by atoms with E-state index < -0.39 is 10.0 Å². The van der Waals surface area contributed by atoms with Crippen LogP contribution in [0.2, 0.25) is 0 Å². The van der Waals surface area contributed by atoms with Crippen LogP contribution in [0.25, 0.3) is 0 Å². The van der Waals surface area contributed by atoms with E-state index >= 15 is 0 Å². The zero-order chi connectivity index (χ0) is 27.3. The van der Waals surface area contributed by atoms with E-state index in [-0.39, 0.29) is 23.4 Å². The molecule has 0 bridgehead atoms. The number of nitrogens with zero attached hydrogens (tertiary/aromatic N) is 2. The van der Waals surface area contributed by atoms with Crippen LogP contribution in [0.15, 0.2) is 82.6 Å². The lowest BCUT2D eigenvalue weighted by Gasteiger charge is -2.33. The molecule has 4 rings (SSSR count). The molecule has 202 valence electrons. The van der Waals surface area contributed by atoms with Gasteiger partial charge in [0.05, 0.1) is 16.6 Å². The molecule has 1 fully saturated rings. The molecule has 2 atom stereocenters. The average Bonchev–Trinajstić information content (AvgIpc) is 2.92. The van der Waals surface area contributed by atoms with Crippen LogP contribution in [-0.4, -0.2) is 40.2 Å². The quantitative estimate of drug-likeness (QED) is 0.329. The van der Waals surface area contributed by atoms with Crippen molar-refractivity contribution in [2.75, 3.05) is 35.1 Å². The van der Waals surface area contributed by atoms with Crippen molar-refractivity contribution in [3.8, 4) is 0 Å². The maximum Gasteiger partial charge on any atom is 0.264 e. The van der Waals surface area contributed by atoms with E-state index in [1.165, 1.54) is 22.8 Å². The molecule has 1 aliphatic rings. The molecule has 3 aromatic rings. The number of rotatable bonds is 9. The van der Waals surface area contributed by atoms with Crippen LogP contribution >= 0.6 is 11.8 Å². The van der Waals surface area contributed by atoms with E-state index in [2.05, 4.69) is 29.3 Å². The largest absolute Gasteiger partial charge is 0.371 e. The van der Waals surface area contributed by atoms with Gasteiger partial charge in [0, 0.05) is 23.7 Å². The van der Waals surface area contributed by atoms with Gasteiger partial charge in [-0.1, -0.05) is 36.8 Å². The van der Waals surface area contributed by atoms with Crippen molar-refractivity contribution in [2.45, 2.75) is 49.4 Å². The second-order valence-corrected chi connectivity index (χ2v) is 12.8. The smallest absolute Gasteiger partial charge is 0.264 e. The summed E-state index contributed by atoms with van der Waals surface area (Å²) in [6.45, 7) is 7.96. The van der Waals surface area contributed by atoms with Gasteiger partial charge in [0.1, 0.15) is 6.54 Å². The van der Waals surface area contributed by atoms with Gasteiger partial charge in [0.2, 0.25) is 5.91 Å². The number of anilines is 2. The van der Waals surface area contributed by atoms with Gasteiger partial charge in [-0.2, -0.15) is 0 Å². The molecule has 0 spiro atoms. The molecule has 38 heavy (non-hydrogen) atoms. The van der Waals surface area contributed by atoms with Gasteiger partial charge >= 0.3 is 0 Å². The highest BCUT2D eigenvalue weighted by Gasteiger charge is 2.28. The Morgan fingerprint density at radius 1 is 1.05 bits per heavy atom. The molecular formula is C30H37N3O3S2. The summed E-state index contributed by atoms with van der Waals surface area (Å²) in [7, 11) is -3.95. The monoisotopic (exact) mass is 551 g/mol. The molecule has 0 aromatic heterocycles. The number of benzene rings is 3. The third-order valence-corrected chi connectivity index (χ3v) is 9.58. The normalized spacial score (nSPS) is 16.6. The first-order valence-corrected chi connectivity index (χ1v) is 15.7. The lowest BCUT2D eigenvalue weighted by atomic mass is 9.99. The summed E-state index contributed by atoms with van der Waals surface area (Å²) >= 11 is 1.54. The van der Waals surface area contributed by atoms with Crippen molar-refractivity contribution in [3.05, 3.63) is 83.9 Å². The molecule has 2 unspecified atom stereocenters. The summed E-state index contributed by atoms with van der Waals surface area (Å²) in [6, 6.07) is 21.9. The molecular weight excluding hydrogens is 514 g/mol. The van der Waals surface area contributed by atoms with Crippen molar-refractivity contribution >= 4 is 39.1 Å². The van der Waals surface area contributed by atoms with E-state index in [0.29, 0.717) is 11.6 Å². The second kappa shape index (κ2) is 12.3. The zero-order valence-electron chi connectivity index (χ0n) is 22.6. The Kier molecular flexibility index (Phi) is 9.05. The third kappa shape index (κ3) is 6.72. The summed E-state index contributed by atoms with van der Waals surface area (Å²) < 4.78 is 28.5. The standard InChI is InChI=1S/C30H37N3O3S2/c1-22-7-11-27(12-8-22)33(38(35,36)29-17-15-28(37-4)16-18-29)21-30(34)31-24(3)25-9-13-26(14-10-25)32-19-5-6-23(2)20-32/h7-18,23-24H,5-6,19-21H2,1-4H3,(H,31,34). The first-order chi connectivity index (χ1) is 18.2. The van der Waals surface area contributed by atoms with Gasteiger partial charge in [-0.15, -0.1) is 11.8 Å². The molecule has 1 aliphatic heterocycles. The van der Waals surface area contributed by atoms with Crippen LogP contribution in [0, 0.1) is 12.8 Å².